The normalized spacial score (nSPS) is 11.2. The Bertz CT molecular complexity index is 857. The Balaban J connectivity index is 2.02. The van der Waals surface area contributed by atoms with Crippen molar-refractivity contribution < 1.29 is 5.11 Å². The van der Waals surface area contributed by atoms with Gasteiger partial charge < -0.3 is 15.8 Å². The number of phenols is 1. The molecule has 0 radical (unpaired) electrons. The lowest BCUT2D eigenvalue weighted by molar-refractivity contribution is 0.476. The van der Waals surface area contributed by atoms with Crippen LogP contribution in [-0.2, 0) is 0 Å². The molecule has 10 heteroatoms. The van der Waals surface area contributed by atoms with Gasteiger partial charge in [0.1, 0.15) is 23.5 Å². The number of nitrogen functional groups attached to an aromatic ring is 1. The van der Waals surface area contributed by atoms with Gasteiger partial charge in [0, 0.05) is 6.07 Å². The molecule has 0 amide bonds. The van der Waals surface area contributed by atoms with Crippen LogP contribution in [0.1, 0.15) is 0 Å². The second-order valence-electron chi connectivity index (χ2n) is 3.99. The van der Waals surface area contributed by atoms with Gasteiger partial charge in [-0.25, -0.2) is 15.0 Å². The zero-order chi connectivity index (χ0) is 14.8. The molecule has 3 aromatic rings. The second kappa shape index (κ2) is 4.92. The summed E-state index contributed by atoms with van der Waals surface area (Å²) in [7, 11) is 0. The van der Waals surface area contributed by atoms with Crippen molar-refractivity contribution in [3.8, 4) is 5.75 Å². The first kappa shape index (κ1) is 12.6. The van der Waals surface area contributed by atoms with Crippen LogP contribution in [-0.4, -0.2) is 25.0 Å². The lowest BCUT2D eigenvalue weighted by Crippen LogP contribution is -1.85. The second-order valence-corrected chi connectivity index (χ2v) is 3.99. The Morgan fingerprint density at radius 2 is 2.00 bits per heavy atom. The van der Waals surface area contributed by atoms with Gasteiger partial charge in [0.25, 0.3) is 0 Å². The zero-order valence-corrected chi connectivity index (χ0v) is 10.4. The van der Waals surface area contributed by atoms with Crippen molar-refractivity contribution in [2.45, 2.75) is 0 Å². The van der Waals surface area contributed by atoms with Crippen molar-refractivity contribution in [1.29, 1.82) is 0 Å². The van der Waals surface area contributed by atoms with E-state index in [-0.39, 0.29) is 28.6 Å². The number of hydrogen-bond donors (Lipinski definition) is 3. The fourth-order valence-corrected chi connectivity index (χ4v) is 1.67. The molecule has 2 aromatic heterocycles. The summed E-state index contributed by atoms with van der Waals surface area (Å²) in [6, 6.07) is 2.40. The number of benzene rings is 1. The summed E-state index contributed by atoms with van der Waals surface area (Å²) in [6.07, 6.45) is 2.76. The Morgan fingerprint density at radius 3 is 2.81 bits per heavy atom. The minimum Gasteiger partial charge on any atom is -0.506 e. The molecule has 0 aliphatic rings. The molecular weight excluding hydrogens is 276 g/mol. The number of nitrogens with two attached hydrogens (primary N) is 1. The zero-order valence-electron chi connectivity index (χ0n) is 10.4. The Labute approximate surface area is 116 Å². The number of aromatic hydroxyl groups is 1. The number of nitroso groups, excluding NO2 is 1. The third-order valence-electron chi connectivity index (χ3n) is 2.67. The lowest BCUT2D eigenvalue weighted by atomic mass is 10.2. The monoisotopic (exact) mass is 284 g/mol. The van der Waals surface area contributed by atoms with Gasteiger partial charge in [-0.05, 0) is 11.2 Å². The van der Waals surface area contributed by atoms with Crippen LogP contribution in [0, 0.1) is 4.91 Å². The molecular formula is C11H8N8O2. The maximum absolute atomic E-state index is 10.5. The number of nitrogens with one attached hydrogen (secondary N) is 1. The number of H-pyrrole nitrogens is 1. The highest BCUT2D eigenvalue weighted by molar-refractivity contribution is 5.80. The highest BCUT2D eigenvalue weighted by Gasteiger charge is 2.09. The molecule has 4 N–H and O–H groups in total. The molecule has 0 aliphatic carbocycles. The van der Waals surface area contributed by atoms with E-state index in [1.54, 1.807) is 0 Å². The van der Waals surface area contributed by atoms with Crippen LogP contribution in [0.5, 0.6) is 5.75 Å². The van der Waals surface area contributed by atoms with Crippen LogP contribution in [0.4, 0.5) is 22.9 Å². The largest absolute Gasteiger partial charge is 0.506 e. The molecule has 10 nitrogen and oxygen atoms in total. The molecule has 104 valence electrons. The van der Waals surface area contributed by atoms with Crippen molar-refractivity contribution >= 4 is 34.0 Å². The number of phenolic OH excluding ortho intramolecular Hbond substituents is 1. The number of fused-ring (bicyclic) bond motifs is 1. The number of aromatic nitrogens is 4. The number of nitrogens with zero attached hydrogens (tertiary/aromatic N) is 6. The molecule has 21 heavy (non-hydrogen) atoms. The lowest BCUT2D eigenvalue weighted by Gasteiger charge is -2.01. The minimum absolute atomic E-state index is 0.0665. The molecule has 0 bridgehead atoms. The first-order valence-electron chi connectivity index (χ1n) is 5.70. The topological polar surface area (TPSA) is 155 Å². The van der Waals surface area contributed by atoms with Gasteiger partial charge in [0.05, 0.1) is 12.0 Å². The van der Waals surface area contributed by atoms with Crippen LogP contribution in [0.25, 0.3) is 11.2 Å². The van der Waals surface area contributed by atoms with Gasteiger partial charge in [-0.1, -0.05) is 0 Å². The standard InChI is InChI=1S/C11H8N8O2/c12-5-1-7(8(20)2-6(5)19-21)17-18-11-9-10(14-3-13-9)15-4-16-11/h1-4,20H,12H2,(H,13,14,15,16)/b18-17+. The van der Waals surface area contributed by atoms with Gasteiger partial charge in [-0.15, -0.1) is 15.1 Å². The molecule has 2 heterocycles. The van der Waals surface area contributed by atoms with Crippen molar-refractivity contribution in [2.24, 2.45) is 15.4 Å². The molecule has 0 fully saturated rings. The quantitative estimate of drug-likeness (QED) is 0.290. The first-order chi connectivity index (χ1) is 10.2. The van der Waals surface area contributed by atoms with E-state index in [0.29, 0.717) is 11.2 Å². The SMILES string of the molecule is Nc1cc(/N=N/c2ncnc3[nH]cnc23)c(O)cc1N=O. The van der Waals surface area contributed by atoms with Crippen molar-refractivity contribution in [1.82, 2.24) is 19.9 Å². The fourth-order valence-electron chi connectivity index (χ4n) is 1.67. The van der Waals surface area contributed by atoms with Gasteiger partial charge in [0.15, 0.2) is 11.2 Å². The summed E-state index contributed by atoms with van der Waals surface area (Å²) in [5, 5.41) is 20.2. The number of rotatable bonds is 3. The van der Waals surface area contributed by atoms with Crippen LogP contribution in [0.2, 0.25) is 0 Å². The van der Waals surface area contributed by atoms with E-state index in [9.17, 15) is 10.0 Å². The van der Waals surface area contributed by atoms with Crippen molar-refractivity contribution in [3.63, 3.8) is 0 Å². The molecule has 0 saturated carbocycles. The van der Waals surface area contributed by atoms with Crippen molar-refractivity contribution in [2.75, 3.05) is 5.73 Å². The first-order valence-corrected chi connectivity index (χ1v) is 5.70. The van der Waals surface area contributed by atoms with E-state index in [1.807, 2.05) is 0 Å². The average molecular weight is 284 g/mol. The van der Waals surface area contributed by atoms with Gasteiger partial charge >= 0.3 is 0 Å². The Hall–Kier alpha value is -3.43. The summed E-state index contributed by atoms with van der Waals surface area (Å²) in [6.45, 7) is 0. The summed E-state index contributed by atoms with van der Waals surface area (Å²) in [5.74, 6) is -0.0355. The predicted octanol–water partition coefficient (Wildman–Crippen LogP) is 2.45. The minimum atomic E-state index is -0.269. The third-order valence-corrected chi connectivity index (χ3v) is 2.67. The van der Waals surface area contributed by atoms with Crippen LogP contribution < -0.4 is 5.73 Å². The van der Waals surface area contributed by atoms with Crippen molar-refractivity contribution in [3.05, 3.63) is 29.7 Å². The number of aromatic amines is 1. The third kappa shape index (κ3) is 2.25. The Morgan fingerprint density at radius 1 is 1.14 bits per heavy atom. The molecule has 0 spiro atoms. The molecule has 3 rings (SSSR count). The van der Waals surface area contributed by atoms with Crippen LogP contribution in [0.3, 0.4) is 0 Å². The van der Waals surface area contributed by atoms with E-state index in [0.717, 1.165) is 6.07 Å². The van der Waals surface area contributed by atoms with E-state index < -0.39 is 0 Å². The van der Waals surface area contributed by atoms with E-state index in [2.05, 4.69) is 35.3 Å². The van der Waals surface area contributed by atoms with Gasteiger partial charge in [-0.2, -0.15) is 0 Å². The smallest absolute Gasteiger partial charge is 0.205 e. The molecule has 1 aromatic carbocycles. The van der Waals surface area contributed by atoms with Gasteiger partial charge in [-0.3, -0.25) is 0 Å². The van der Waals surface area contributed by atoms with E-state index in [1.165, 1.54) is 18.7 Å². The molecule has 0 atom stereocenters. The molecule has 0 aliphatic heterocycles. The van der Waals surface area contributed by atoms with Crippen LogP contribution in [0.15, 0.2) is 40.2 Å². The predicted molar refractivity (Wildman–Crippen MR) is 73.8 cm³/mol. The van der Waals surface area contributed by atoms with Crippen LogP contribution >= 0.6 is 0 Å². The summed E-state index contributed by atoms with van der Waals surface area (Å²) < 4.78 is 0. The Kier molecular flexibility index (Phi) is 2.95. The van der Waals surface area contributed by atoms with Gasteiger partial charge in [0.2, 0.25) is 5.82 Å². The average Bonchev–Trinajstić information content (AvgIpc) is 2.96. The summed E-state index contributed by atoms with van der Waals surface area (Å²) in [5.41, 5.74) is 6.66. The highest BCUT2D eigenvalue weighted by Crippen LogP contribution is 2.36. The molecule has 0 unspecified atom stereocenters. The van der Waals surface area contributed by atoms with E-state index >= 15 is 0 Å². The maximum Gasteiger partial charge on any atom is 0.205 e. The summed E-state index contributed by atoms with van der Waals surface area (Å²) >= 11 is 0. The number of azo groups is 1. The summed E-state index contributed by atoms with van der Waals surface area (Å²) in [4.78, 5) is 25.2. The highest BCUT2D eigenvalue weighted by atomic mass is 16.3. The number of imidazole rings is 1. The number of anilines is 1. The fraction of sp³-hybridized carbons (Fsp3) is 0. The maximum atomic E-state index is 10.5. The molecule has 0 saturated heterocycles. The number of hydrogen-bond acceptors (Lipinski definition) is 9. The van der Waals surface area contributed by atoms with E-state index in [4.69, 9.17) is 5.73 Å².